The van der Waals surface area contributed by atoms with Gasteiger partial charge in [0.2, 0.25) is 5.28 Å². The van der Waals surface area contributed by atoms with Gasteiger partial charge >= 0.3 is 0 Å². The van der Waals surface area contributed by atoms with Crippen LogP contribution in [0.2, 0.25) is 5.28 Å². The van der Waals surface area contributed by atoms with Gasteiger partial charge in [-0.05, 0) is 17.7 Å². The molecule has 0 amide bonds. The summed E-state index contributed by atoms with van der Waals surface area (Å²) >= 11 is 5.55. The first-order valence-electron chi connectivity index (χ1n) is 3.18. The Bertz CT molecular complexity index is 314. The Kier molecular flexibility index (Phi) is 2.50. The zero-order valence-corrected chi connectivity index (χ0v) is 7.30. The van der Waals surface area contributed by atoms with Gasteiger partial charge in [-0.15, -0.1) is 0 Å². The molecule has 5 heteroatoms. The number of nitrogens with zero attached hydrogens (tertiary/aromatic N) is 2. The van der Waals surface area contributed by atoms with E-state index in [4.69, 9.17) is 22.1 Å². The molecule has 0 saturated heterocycles. The molecule has 1 heterocycles. The monoisotopic (exact) mass is 185 g/mol. The SMILES string of the molecule is C=Cc1nc(Cl)nc(N)c1OC. The third kappa shape index (κ3) is 1.48. The Balaban J connectivity index is 3.33. The van der Waals surface area contributed by atoms with Crippen molar-refractivity contribution < 1.29 is 4.74 Å². The highest BCUT2D eigenvalue weighted by atomic mass is 35.5. The molecule has 1 aromatic heterocycles. The van der Waals surface area contributed by atoms with Gasteiger partial charge in [-0.2, -0.15) is 4.98 Å². The molecular formula is C7H8ClN3O. The molecule has 0 aliphatic rings. The molecule has 0 atom stereocenters. The second-order valence-corrected chi connectivity index (χ2v) is 2.34. The third-order valence-electron chi connectivity index (χ3n) is 1.29. The summed E-state index contributed by atoms with van der Waals surface area (Å²) in [5, 5.41) is 0.0863. The third-order valence-corrected chi connectivity index (χ3v) is 1.46. The Hall–Kier alpha value is -1.29. The van der Waals surface area contributed by atoms with Gasteiger partial charge in [0.05, 0.1) is 7.11 Å². The summed E-state index contributed by atoms with van der Waals surface area (Å²) in [6.45, 7) is 3.54. The van der Waals surface area contributed by atoms with Crippen LogP contribution in [-0.2, 0) is 0 Å². The number of hydrogen-bond donors (Lipinski definition) is 1. The molecule has 0 bridgehead atoms. The van der Waals surface area contributed by atoms with Crippen molar-refractivity contribution in [2.75, 3.05) is 12.8 Å². The summed E-state index contributed by atoms with van der Waals surface area (Å²) in [7, 11) is 1.48. The van der Waals surface area contributed by atoms with Crippen molar-refractivity contribution in [2.24, 2.45) is 0 Å². The Morgan fingerprint density at radius 1 is 1.58 bits per heavy atom. The van der Waals surface area contributed by atoms with Gasteiger partial charge in [0.15, 0.2) is 11.6 Å². The lowest BCUT2D eigenvalue weighted by atomic mass is 10.3. The molecule has 2 N–H and O–H groups in total. The maximum Gasteiger partial charge on any atom is 0.225 e. The van der Waals surface area contributed by atoms with Crippen LogP contribution in [0.5, 0.6) is 5.75 Å². The van der Waals surface area contributed by atoms with Crippen LogP contribution >= 0.6 is 11.6 Å². The minimum absolute atomic E-state index is 0.0863. The van der Waals surface area contributed by atoms with Crippen molar-refractivity contribution in [1.29, 1.82) is 0 Å². The fraction of sp³-hybridized carbons (Fsp3) is 0.143. The highest BCUT2D eigenvalue weighted by molar-refractivity contribution is 6.28. The molecule has 0 spiro atoms. The van der Waals surface area contributed by atoms with E-state index in [0.717, 1.165) is 0 Å². The average molecular weight is 186 g/mol. The quantitative estimate of drug-likeness (QED) is 0.707. The van der Waals surface area contributed by atoms with E-state index < -0.39 is 0 Å². The van der Waals surface area contributed by atoms with Gasteiger partial charge in [0, 0.05) is 0 Å². The summed E-state index contributed by atoms with van der Waals surface area (Å²) in [6, 6.07) is 0. The van der Waals surface area contributed by atoms with Gasteiger partial charge in [0.25, 0.3) is 0 Å². The Labute approximate surface area is 75.0 Å². The van der Waals surface area contributed by atoms with Crippen LogP contribution in [0, 0.1) is 0 Å². The van der Waals surface area contributed by atoms with E-state index in [0.29, 0.717) is 11.4 Å². The van der Waals surface area contributed by atoms with E-state index >= 15 is 0 Å². The van der Waals surface area contributed by atoms with Gasteiger partial charge in [0.1, 0.15) is 5.69 Å². The molecule has 1 rings (SSSR count). The summed E-state index contributed by atoms with van der Waals surface area (Å²) < 4.78 is 4.94. The van der Waals surface area contributed by atoms with E-state index in [-0.39, 0.29) is 11.1 Å². The molecule has 64 valence electrons. The normalized spacial score (nSPS) is 9.50. The molecule has 0 saturated carbocycles. The molecule has 0 radical (unpaired) electrons. The van der Waals surface area contributed by atoms with Crippen LogP contribution in [0.1, 0.15) is 5.69 Å². The molecule has 1 aromatic rings. The summed E-state index contributed by atoms with van der Waals surface area (Å²) in [5.74, 6) is 0.613. The van der Waals surface area contributed by atoms with Crippen molar-refractivity contribution in [3.05, 3.63) is 17.6 Å². The number of ether oxygens (including phenoxy) is 1. The summed E-state index contributed by atoms with van der Waals surface area (Å²) in [5.41, 5.74) is 6.00. The molecule has 0 aliphatic heterocycles. The average Bonchev–Trinajstić information content (AvgIpc) is 2.03. The van der Waals surface area contributed by atoms with Gasteiger partial charge in [-0.25, -0.2) is 4.98 Å². The van der Waals surface area contributed by atoms with Crippen molar-refractivity contribution in [3.8, 4) is 5.75 Å². The topological polar surface area (TPSA) is 61.0 Å². The molecule has 0 aromatic carbocycles. The zero-order chi connectivity index (χ0) is 9.14. The first-order chi connectivity index (χ1) is 5.69. The molecular weight excluding hydrogens is 178 g/mol. The highest BCUT2D eigenvalue weighted by Crippen LogP contribution is 2.24. The van der Waals surface area contributed by atoms with Gasteiger partial charge < -0.3 is 10.5 Å². The van der Waals surface area contributed by atoms with E-state index in [1.807, 2.05) is 0 Å². The molecule has 0 fully saturated rings. The van der Waals surface area contributed by atoms with Crippen LogP contribution in [-0.4, -0.2) is 17.1 Å². The predicted octanol–water partition coefficient (Wildman–Crippen LogP) is 1.36. The van der Waals surface area contributed by atoms with E-state index in [1.165, 1.54) is 13.2 Å². The van der Waals surface area contributed by atoms with Crippen LogP contribution in [0.3, 0.4) is 0 Å². The Morgan fingerprint density at radius 2 is 2.25 bits per heavy atom. The number of anilines is 1. The van der Waals surface area contributed by atoms with E-state index in [9.17, 15) is 0 Å². The number of halogens is 1. The lowest BCUT2D eigenvalue weighted by molar-refractivity contribution is 0.412. The molecule has 0 unspecified atom stereocenters. The summed E-state index contributed by atoms with van der Waals surface area (Å²) in [4.78, 5) is 7.57. The van der Waals surface area contributed by atoms with Crippen LogP contribution < -0.4 is 10.5 Å². The first-order valence-corrected chi connectivity index (χ1v) is 3.56. The maximum atomic E-state index is 5.55. The van der Waals surface area contributed by atoms with E-state index in [2.05, 4.69) is 16.5 Å². The van der Waals surface area contributed by atoms with Gasteiger partial charge in [-0.1, -0.05) is 6.58 Å². The number of methoxy groups -OCH3 is 1. The number of hydrogen-bond acceptors (Lipinski definition) is 4. The second kappa shape index (κ2) is 3.40. The van der Waals surface area contributed by atoms with Crippen molar-refractivity contribution in [3.63, 3.8) is 0 Å². The fourth-order valence-corrected chi connectivity index (χ4v) is 0.986. The second-order valence-electron chi connectivity index (χ2n) is 2.00. The van der Waals surface area contributed by atoms with Crippen LogP contribution in [0.25, 0.3) is 6.08 Å². The van der Waals surface area contributed by atoms with Crippen molar-refractivity contribution >= 4 is 23.5 Å². The smallest absolute Gasteiger partial charge is 0.225 e. The Morgan fingerprint density at radius 3 is 2.75 bits per heavy atom. The van der Waals surface area contributed by atoms with Crippen molar-refractivity contribution in [2.45, 2.75) is 0 Å². The highest BCUT2D eigenvalue weighted by Gasteiger charge is 2.08. The largest absolute Gasteiger partial charge is 0.491 e. The predicted molar refractivity (Wildman–Crippen MR) is 48.1 cm³/mol. The molecule has 4 nitrogen and oxygen atoms in total. The standard InChI is InChI=1S/C7H8ClN3O/c1-3-4-5(12-2)6(9)11-7(8)10-4/h3H,1H2,2H3,(H2,9,10,11). The number of nitrogen functional groups attached to an aromatic ring is 1. The minimum Gasteiger partial charge on any atom is -0.491 e. The first kappa shape index (κ1) is 8.80. The van der Waals surface area contributed by atoms with Gasteiger partial charge in [-0.3, -0.25) is 0 Å². The lowest BCUT2D eigenvalue weighted by Gasteiger charge is -2.05. The molecule has 0 aliphatic carbocycles. The van der Waals surface area contributed by atoms with E-state index in [1.54, 1.807) is 0 Å². The number of rotatable bonds is 2. The fourth-order valence-electron chi connectivity index (χ4n) is 0.804. The lowest BCUT2D eigenvalue weighted by Crippen LogP contribution is -2.00. The zero-order valence-electron chi connectivity index (χ0n) is 6.54. The van der Waals surface area contributed by atoms with Crippen LogP contribution in [0.4, 0.5) is 5.82 Å². The number of aromatic nitrogens is 2. The molecule has 12 heavy (non-hydrogen) atoms. The van der Waals surface area contributed by atoms with Crippen LogP contribution in [0.15, 0.2) is 6.58 Å². The maximum absolute atomic E-state index is 5.55. The number of nitrogens with two attached hydrogens (primary N) is 1. The summed E-state index contributed by atoms with van der Waals surface area (Å²) in [6.07, 6.45) is 1.50. The van der Waals surface area contributed by atoms with Crippen molar-refractivity contribution in [1.82, 2.24) is 9.97 Å². The minimum atomic E-state index is 0.0863.